The van der Waals surface area contributed by atoms with E-state index in [1.54, 1.807) is 6.20 Å². The topological polar surface area (TPSA) is 46.9 Å². The van der Waals surface area contributed by atoms with Crippen molar-refractivity contribution in [1.29, 1.82) is 0 Å². The Bertz CT molecular complexity index is 705. The number of nitrogens with one attached hydrogen (secondary N) is 1. The number of hydrogen-bond acceptors (Lipinski definition) is 2. The maximum atomic E-state index is 12.0. The first-order valence-electron chi connectivity index (χ1n) is 6.63. The molecule has 1 aromatic heterocycles. The van der Waals surface area contributed by atoms with Crippen LogP contribution in [-0.4, -0.2) is 15.7 Å². The third-order valence-corrected chi connectivity index (χ3v) is 3.31. The van der Waals surface area contributed by atoms with Gasteiger partial charge in [0.25, 0.3) is 5.91 Å². The van der Waals surface area contributed by atoms with Crippen LogP contribution < -0.4 is 5.32 Å². The maximum absolute atomic E-state index is 12.0. The Morgan fingerprint density at radius 3 is 2.70 bits per heavy atom. The van der Waals surface area contributed by atoms with Crippen molar-refractivity contribution >= 4 is 23.2 Å². The van der Waals surface area contributed by atoms with E-state index in [1.807, 2.05) is 41.2 Å². The monoisotopic (exact) mass is 267 g/mol. The molecule has 0 bridgehead atoms. The van der Waals surface area contributed by atoms with E-state index in [0.717, 1.165) is 16.8 Å². The third kappa shape index (κ3) is 2.13. The molecule has 0 saturated carbocycles. The Morgan fingerprint density at radius 2 is 2.00 bits per heavy atom. The molecule has 1 aliphatic rings. The van der Waals surface area contributed by atoms with Gasteiger partial charge in [-0.15, -0.1) is 0 Å². The summed E-state index contributed by atoms with van der Waals surface area (Å²) in [6.45, 7) is 6.28. The van der Waals surface area contributed by atoms with E-state index in [4.69, 9.17) is 0 Å². The molecular formula is C16H17N3O. The average molecular weight is 267 g/mol. The van der Waals surface area contributed by atoms with Crippen LogP contribution in [0.15, 0.2) is 36.7 Å². The lowest BCUT2D eigenvalue weighted by Crippen LogP contribution is -2.21. The van der Waals surface area contributed by atoms with Crippen LogP contribution in [-0.2, 0) is 10.3 Å². The lowest BCUT2D eigenvalue weighted by atomic mass is 10.1. The van der Waals surface area contributed by atoms with Gasteiger partial charge < -0.3 is 5.32 Å². The van der Waals surface area contributed by atoms with Crippen molar-refractivity contribution in [3.63, 3.8) is 0 Å². The zero-order valence-corrected chi connectivity index (χ0v) is 11.8. The highest BCUT2D eigenvalue weighted by molar-refractivity contribution is 6.34. The number of carbonyl (C=O) groups excluding carboxylic acids is 1. The molecule has 0 spiro atoms. The molecule has 0 unspecified atom stereocenters. The van der Waals surface area contributed by atoms with Gasteiger partial charge in [-0.25, -0.2) is 0 Å². The van der Waals surface area contributed by atoms with E-state index in [-0.39, 0.29) is 11.4 Å². The summed E-state index contributed by atoms with van der Waals surface area (Å²) in [6.07, 6.45) is 5.63. The molecule has 1 N–H and O–H groups in total. The molecule has 20 heavy (non-hydrogen) atoms. The second-order valence-electron chi connectivity index (χ2n) is 5.95. The number of nitrogens with zero attached hydrogens (tertiary/aromatic N) is 2. The molecular weight excluding hydrogens is 250 g/mol. The van der Waals surface area contributed by atoms with Crippen LogP contribution in [0.25, 0.3) is 11.6 Å². The van der Waals surface area contributed by atoms with Crippen LogP contribution in [0.3, 0.4) is 0 Å². The summed E-state index contributed by atoms with van der Waals surface area (Å²) in [5.74, 6) is -0.0605. The second-order valence-corrected chi connectivity index (χ2v) is 5.95. The summed E-state index contributed by atoms with van der Waals surface area (Å²) in [5, 5.41) is 7.22. The number of anilines is 1. The van der Waals surface area contributed by atoms with E-state index >= 15 is 0 Å². The summed E-state index contributed by atoms with van der Waals surface area (Å²) < 4.78 is 1.90. The van der Waals surface area contributed by atoms with Gasteiger partial charge in [-0.1, -0.05) is 18.2 Å². The van der Waals surface area contributed by atoms with Crippen molar-refractivity contribution in [1.82, 2.24) is 9.78 Å². The number of benzene rings is 1. The van der Waals surface area contributed by atoms with Gasteiger partial charge in [0.2, 0.25) is 0 Å². The highest BCUT2D eigenvalue weighted by Gasteiger charge is 2.23. The summed E-state index contributed by atoms with van der Waals surface area (Å²) in [4.78, 5) is 12.0. The van der Waals surface area contributed by atoms with E-state index in [2.05, 4.69) is 31.2 Å². The summed E-state index contributed by atoms with van der Waals surface area (Å²) in [5.41, 5.74) is 3.37. The number of carbonyl (C=O) groups is 1. The largest absolute Gasteiger partial charge is 0.321 e. The molecule has 1 aromatic carbocycles. The minimum Gasteiger partial charge on any atom is -0.321 e. The fourth-order valence-corrected chi connectivity index (χ4v) is 2.23. The molecule has 102 valence electrons. The predicted molar refractivity (Wildman–Crippen MR) is 80.2 cm³/mol. The standard InChI is InChI=1S/C16H17N3O/c1-16(2,3)19-10-11(9-17-19)8-13-12-6-4-5-7-14(12)18-15(13)20/h4-10H,1-3H3,(H,18,20)/b13-8-. The first-order valence-corrected chi connectivity index (χ1v) is 6.63. The predicted octanol–water partition coefficient (Wildman–Crippen LogP) is 3.13. The van der Waals surface area contributed by atoms with E-state index in [9.17, 15) is 4.79 Å². The van der Waals surface area contributed by atoms with Crippen molar-refractivity contribution in [3.05, 3.63) is 47.8 Å². The normalized spacial score (nSPS) is 16.4. The fraction of sp³-hybridized carbons (Fsp3) is 0.250. The van der Waals surface area contributed by atoms with Crippen molar-refractivity contribution in [2.75, 3.05) is 5.32 Å². The van der Waals surface area contributed by atoms with Crippen LogP contribution in [0.2, 0.25) is 0 Å². The van der Waals surface area contributed by atoms with Crippen LogP contribution in [0.1, 0.15) is 31.9 Å². The van der Waals surface area contributed by atoms with E-state index in [1.165, 1.54) is 0 Å². The van der Waals surface area contributed by atoms with E-state index < -0.39 is 0 Å². The van der Waals surface area contributed by atoms with Crippen molar-refractivity contribution < 1.29 is 4.79 Å². The first kappa shape index (κ1) is 12.7. The summed E-state index contributed by atoms with van der Waals surface area (Å²) in [6, 6.07) is 7.71. The van der Waals surface area contributed by atoms with Crippen molar-refractivity contribution in [2.24, 2.45) is 0 Å². The molecule has 1 amide bonds. The minimum absolute atomic E-state index is 0.0605. The van der Waals surface area contributed by atoms with Gasteiger partial charge in [0.15, 0.2) is 0 Å². The first-order chi connectivity index (χ1) is 9.45. The molecule has 4 nitrogen and oxygen atoms in total. The number of amides is 1. The molecule has 0 saturated heterocycles. The van der Waals surface area contributed by atoms with Gasteiger partial charge in [0.05, 0.1) is 11.7 Å². The molecule has 0 aliphatic carbocycles. The molecule has 0 fully saturated rings. The van der Waals surface area contributed by atoms with Crippen LogP contribution in [0, 0.1) is 0 Å². The molecule has 2 heterocycles. The molecule has 0 atom stereocenters. The number of rotatable bonds is 1. The van der Waals surface area contributed by atoms with Gasteiger partial charge in [-0.3, -0.25) is 9.48 Å². The maximum Gasteiger partial charge on any atom is 0.256 e. The van der Waals surface area contributed by atoms with Gasteiger partial charge in [0, 0.05) is 28.6 Å². The van der Waals surface area contributed by atoms with Crippen molar-refractivity contribution in [3.8, 4) is 0 Å². The van der Waals surface area contributed by atoms with Gasteiger partial charge in [0.1, 0.15) is 0 Å². The summed E-state index contributed by atoms with van der Waals surface area (Å²) >= 11 is 0. The number of hydrogen-bond donors (Lipinski definition) is 1. The molecule has 0 radical (unpaired) electrons. The number of para-hydroxylation sites is 1. The van der Waals surface area contributed by atoms with Gasteiger partial charge >= 0.3 is 0 Å². The summed E-state index contributed by atoms with van der Waals surface area (Å²) in [7, 11) is 0. The Labute approximate surface area is 118 Å². The average Bonchev–Trinajstić information content (AvgIpc) is 2.95. The van der Waals surface area contributed by atoms with Crippen LogP contribution >= 0.6 is 0 Å². The Kier molecular flexibility index (Phi) is 2.74. The smallest absolute Gasteiger partial charge is 0.256 e. The lowest BCUT2D eigenvalue weighted by molar-refractivity contribution is -0.110. The number of fused-ring (bicyclic) bond motifs is 1. The second kappa shape index (κ2) is 4.34. The van der Waals surface area contributed by atoms with Crippen molar-refractivity contribution in [2.45, 2.75) is 26.3 Å². The minimum atomic E-state index is -0.0629. The highest BCUT2D eigenvalue weighted by Crippen LogP contribution is 2.32. The Balaban J connectivity index is 2.01. The molecule has 1 aliphatic heterocycles. The SMILES string of the molecule is CC(C)(C)n1cc(/C=C2\C(=O)Nc3ccccc32)cn1. The van der Waals surface area contributed by atoms with Gasteiger partial charge in [-0.2, -0.15) is 5.10 Å². The Hall–Kier alpha value is -2.36. The molecule has 3 rings (SSSR count). The van der Waals surface area contributed by atoms with Gasteiger partial charge in [-0.05, 0) is 32.9 Å². The van der Waals surface area contributed by atoms with Crippen LogP contribution in [0.4, 0.5) is 5.69 Å². The molecule has 4 heteroatoms. The quantitative estimate of drug-likeness (QED) is 0.807. The highest BCUT2D eigenvalue weighted by atomic mass is 16.2. The molecule has 2 aromatic rings. The Morgan fingerprint density at radius 1 is 1.25 bits per heavy atom. The van der Waals surface area contributed by atoms with E-state index in [0.29, 0.717) is 5.57 Å². The fourth-order valence-electron chi connectivity index (χ4n) is 2.23. The lowest BCUT2D eigenvalue weighted by Gasteiger charge is -2.18. The zero-order valence-electron chi connectivity index (χ0n) is 11.8. The third-order valence-electron chi connectivity index (χ3n) is 3.31. The zero-order chi connectivity index (χ0) is 14.3. The van der Waals surface area contributed by atoms with Crippen LogP contribution in [0.5, 0.6) is 0 Å². The number of aromatic nitrogens is 2.